The minimum Gasteiger partial charge on any atom is -0.461 e. The largest absolute Gasteiger partial charge is 0.461 e. The van der Waals surface area contributed by atoms with Crippen molar-refractivity contribution in [3.63, 3.8) is 0 Å². The molecule has 0 aliphatic rings. The highest BCUT2D eigenvalue weighted by Crippen LogP contribution is 2.05. The lowest BCUT2D eigenvalue weighted by molar-refractivity contribution is -0.152. The van der Waals surface area contributed by atoms with Crippen LogP contribution in [0.4, 0.5) is 0 Å². The Morgan fingerprint density at radius 1 is 1.33 bits per heavy atom. The zero-order chi connectivity index (χ0) is 16.4. The van der Waals surface area contributed by atoms with Crippen molar-refractivity contribution in [3.8, 4) is 0 Å². The number of ether oxygens (including phenoxy) is 1. The predicted molar refractivity (Wildman–Crippen MR) is 73.3 cm³/mol. The maximum atomic E-state index is 11.9. The van der Waals surface area contributed by atoms with E-state index < -0.39 is 29.6 Å². The van der Waals surface area contributed by atoms with Crippen LogP contribution in [-0.4, -0.2) is 52.5 Å². The van der Waals surface area contributed by atoms with Gasteiger partial charge in [0.2, 0.25) is 11.7 Å². The lowest BCUT2D eigenvalue weighted by Gasteiger charge is -2.20. The Labute approximate surface area is 123 Å². The third kappa shape index (κ3) is 7.96. The van der Waals surface area contributed by atoms with Crippen molar-refractivity contribution in [2.45, 2.75) is 45.8 Å². The highest BCUT2D eigenvalue weighted by atomic mass is 16.5. The Bertz CT molecular complexity index is 430. The summed E-state index contributed by atoms with van der Waals surface area (Å²) < 4.78 is 5.01. The van der Waals surface area contributed by atoms with Crippen LogP contribution in [-0.2, 0) is 19.1 Å². The van der Waals surface area contributed by atoms with Crippen LogP contribution in [0.3, 0.4) is 0 Å². The van der Waals surface area contributed by atoms with Crippen molar-refractivity contribution in [2.24, 2.45) is 5.92 Å². The number of hydrogen-bond donors (Lipinski definition) is 2. The van der Waals surface area contributed by atoms with Gasteiger partial charge in [-0.05, 0) is 20.3 Å². The van der Waals surface area contributed by atoms with E-state index in [9.17, 15) is 14.4 Å². The van der Waals surface area contributed by atoms with Gasteiger partial charge in [0.15, 0.2) is 0 Å². The Kier molecular flexibility index (Phi) is 8.84. The summed E-state index contributed by atoms with van der Waals surface area (Å²) in [5.74, 6) is -2.32. The highest BCUT2D eigenvalue weighted by Gasteiger charge is 2.26. The number of carbonyl (C=O) groups is 3. The molecule has 0 aliphatic carbocycles. The fourth-order valence-electron chi connectivity index (χ4n) is 1.38. The summed E-state index contributed by atoms with van der Waals surface area (Å²) in [6.45, 7) is 4.48. The van der Waals surface area contributed by atoms with Crippen LogP contribution in [0.2, 0.25) is 0 Å². The quantitative estimate of drug-likeness (QED) is 0.261. The topological polar surface area (TPSA) is 129 Å². The van der Waals surface area contributed by atoms with Gasteiger partial charge < -0.3 is 20.7 Å². The zero-order valence-electron chi connectivity index (χ0n) is 12.4. The molecule has 2 N–H and O–H groups in total. The van der Waals surface area contributed by atoms with E-state index in [1.165, 1.54) is 6.92 Å². The maximum absolute atomic E-state index is 11.9. The van der Waals surface area contributed by atoms with Crippen molar-refractivity contribution in [1.82, 2.24) is 5.32 Å². The number of ketones is 1. The number of nitrogens with zero attached hydrogens (tertiary/aromatic N) is 2. The van der Waals surface area contributed by atoms with Crippen LogP contribution in [0.25, 0.3) is 5.53 Å². The van der Waals surface area contributed by atoms with Crippen LogP contribution >= 0.6 is 0 Å². The molecule has 0 aromatic carbocycles. The summed E-state index contributed by atoms with van der Waals surface area (Å²) in [7, 11) is 0. The average molecular weight is 299 g/mol. The highest BCUT2D eigenvalue weighted by molar-refractivity contribution is 6.25. The first kappa shape index (κ1) is 18.9. The average Bonchev–Trinajstić information content (AvgIpc) is 2.41. The van der Waals surface area contributed by atoms with Crippen molar-refractivity contribution in [1.29, 1.82) is 0 Å². The third-order valence-corrected chi connectivity index (χ3v) is 2.56. The maximum Gasteiger partial charge on any atom is 0.328 e. The van der Waals surface area contributed by atoms with Gasteiger partial charge in [0.05, 0.1) is 18.6 Å². The molecule has 8 heteroatoms. The molecule has 0 unspecified atom stereocenters. The molecular formula is C13H21N3O5. The molecule has 8 nitrogen and oxygen atoms in total. The molecule has 118 valence electrons. The van der Waals surface area contributed by atoms with Gasteiger partial charge >= 0.3 is 12.2 Å². The number of amides is 1. The van der Waals surface area contributed by atoms with Gasteiger partial charge in [0.1, 0.15) is 6.04 Å². The van der Waals surface area contributed by atoms with Crippen molar-refractivity contribution in [2.75, 3.05) is 6.61 Å². The second kappa shape index (κ2) is 9.79. The zero-order valence-corrected chi connectivity index (χ0v) is 12.4. The van der Waals surface area contributed by atoms with E-state index >= 15 is 0 Å². The molecule has 0 radical (unpaired) electrons. The fraction of sp³-hybridized carbons (Fsp3) is 0.692. The molecule has 0 aromatic rings. The molecule has 0 bridgehead atoms. The van der Waals surface area contributed by atoms with E-state index in [2.05, 4.69) is 10.1 Å². The second-order valence-corrected chi connectivity index (χ2v) is 4.88. The van der Waals surface area contributed by atoms with E-state index in [0.717, 1.165) is 6.21 Å². The van der Waals surface area contributed by atoms with Gasteiger partial charge in [0, 0.05) is 6.42 Å². The first-order valence-electron chi connectivity index (χ1n) is 6.63. The van der Waals surface area contributed by atoms with E-state index in [4.69, 9.17) is 15.4 Å². The van der Waals surface area contributed by atoms with Crippen molar-refractivity contribution < 1.29 is 29.0 Å². The number of esters is 1. The van der Waals surface area contributed by atoms with Gasteiger partial charge in [-0.3, -0.25) is 9.59 Å². The van der Waals surface area contributed by atoms with Gasteiger partial charge in [-0.25, -0.2) is 4.79 Å². The molecule has 0 saturated carbocycles. The predicted octanol–water partition coefficient (Wildman–Crippen LogP) is -0.299. The molecule has 0 heterocycles. The normalized spacial score (nSPS) is 13.0. The number of hydrogen-bond acceptors (Lipinski definition) is 5. The van der Waals surface area contributed by atoms with Crippen molar-refractivity contribution >= 4 is 23.9 Å². The van der Waals surface area contributed by atoms with Crippen molar-refractivity contribution in [3.05, 3.63) is 5.53 Å². The van der Waals surface area contributed by atoms with E-state index in [1.807, 2.05) is 0 Å². The van der Waals surface area contributed by atoms with Gasteiger partial charge in [0.25, 0.3) is 0 Å². The molecular weight excluding hydrogens is 278 g/mol. The van der Waals surface area contributed by atoms with Crippen LogP contribution < -0.4 is 5.32 Å². The van der Waals surface area contributed by atoms with Crippen LogP contribution in [0.5, 0.6) is 0 Å². The molecule has 0 fully saturated rings. The Morgan fingerprint density at radius 2 is 1.95 bits per heavy atom. The van der Waals surface area contributed by atoms with Gasteiger partial charge in [-0.15, -0.1) is 0 Å². The smallest absolute Gasteiger partial charge is 0.328 e. The summed E-state index contributed by atoms with van der Waals surface area (Å²) in [5.41, 5.74) is 8.24. The second-order valence-electron chi connectivity index (χ2n) is 4.88. The first-order chi connectivity index (χ1) is 9.81. The molecule has 0 saturated heterocycles. The third-order valence-electron chi connectivity index (χ3n) is 2.56. The summed E-state index contributed by atoms with van der Waals surface area (Å²) in [6, 6.07) is -0.995. The summed E-state index contributed by atoms with van der Waals surface area (Å²) in [6.07, 6.45) is 0.292. The summed E-state index contributed by atoms with van der Waals surface area (Å²) in [5, 5.41) is 11.4. The van der Waals surface area contributed by atoms with Gasteiger partial charge in [-0.1, -0.05) is 6.92 Å². The summed E-state index contributed by atoms with van der Waals surface area (Å²) >= 11 is 0. The number of aliphatic hydroxyl groups is 1. The minimum absolute atomic E-state index is 0.0142. The minimum atomic E-state index is -0.995. The Balaban J connectivity index is 4.75. The van der Waals surface area contributed by atoms with E-state index in [0.29, 0.717) is 0 Å². The molecule has 0 aliphatic heterocycles. The molecule has 1 amide bonds. The number of nitrogens with one attached hydrogen (secondary N) is 1. The van der Waals surface area contributed by atoms with Gasteiger partial charge in [-0.2, -0.15) is 4.79 Å². The standard InChI is InChI=1S/C13H21N3O5/c1-8(2)21-13(20)11(5-4-10(18)6-15-14)16-12(19)9(3)7-17/h6,8-9,11,17H,4-5,7H2,1-3H3,(H,16,19)/t9-,11+/m1/s1. The monoisotopic (exact) mass is 299 g/mol. The Hall–Kier alpha value is -2.05. The SMILES string of the molecule is CC(C)OC(=O)[C@H](CCC(=O)C=[N+]=[N-])NC(=O)[C@H](C)CO. The van der Waals surface area contributed by atoms with E-state index in [1.54, 1.807) is 13.8 Å². The lowest BCUT2D eigenvalue weighted by atomic mass is 10.1. The number of aliphatic hydroxyl groups excluding tert-OH is 1. The number of Topliss-reactive ketones (excluding diaryl/α,β-unsaturated/α-hetero) is 1. The molecule has 0 spiro atoms. The first-order valence-corrected chi connectivity index (χ1v) is 6.63. The molecule has 2 atom stereocenters. The lowest BCUT2D eigenvalue weighted by Crippen LogP contribution is -2.45. The summed E-state index contributed by atoms with van der Waals surface area (Å²) in [4.78, 5) is 37.4. The Morgan fingerprint density at radius 3 is 2.43 bits per heavy atom. The molecule has 0 rings (SSSR count). The van der Waals surface area contributed by atoms with Crippen LogP contribution in [0.1, 0.15) is 33.6 Å². The van der Waals surface area contributed by atoms with Crippen LogP contribution in [0.15, 0.2) is 0 Å². The van der Waals surface area contributed by atoms with E-state index in [-0.39, 0.29) is 25.6 Å². The number of carbonyl (C=O) groups excluding carboxylic acids is 3. The van der Waals surface area contributed by atoms with Crippen LogP contribution in [0, 0.1) is 5.92 Å². The molecule has 0 aromatic heterocycles. The molecule has 21 heavy (non-hydrogen) atoms. The number of rotatable bonds is 9. The fourth-order valence-corrected chi connectivity index (χ4v) is 1.38.